The molecule has 0 aliphatic rings. The summed E-state index contributed by atoms with van der Waals surface area (Å²) < 4.78 is 42.5. The third-order valence-corrected chi connectivity index (χ3v) is 5.32. The quantitative estimate of drug-likeness (QED) is 0.125. The van der Waals surface area contributed by atoms with Gasteiger partial charge in [-0.1, -0.05) is 42.5 Å². The van der Waals surface area contributed by atoms with Crippen LogP contribution in [0.4, 0.5) is 18.9 Å². The van der Waals surface area contributed by atoms with Gasteiger partial charge in [0.05, 0.1) is 11.3 Å². The van der Waals surface area contributed by atoms with E-state index in [0.717, 1.165) is 10.7 Å². The maximum absolute atomic E-state index is 12.9. The molecule has 3 aromatic carbocycles. The minimum atomic E-state index is -5.38. The van der Waals surface area contributed by atoms with Crippen molar-refractivity contribution in [2.45, 2.75) is 12.2 Å². The number of aromatic nitrogens is 3. The summed E-state index contributed by atoms with van der Waals surface area (Å²) in [5, 5.41) is 15.1. The topological polar surface area (TPSA) is 156 Å². The van der Waals surface area contributed by atoms with Crippen molar-refractivity contribution in [3.63, 3.8) is 0 Å². The number of nitrogen functional groups attached to an aromatic ring is 1. The summed E-state index contributed by atoms with van der Waals surface area (Å²) in [5.41, 5.74) is 5.86. The summed E-state index contributed by atoms with van der Waals surface area (Å²) in [6.45, 7) is 0. The molecule has 4 rings (SSSR count). The third kappa shape index (κ3) is 5.61. The molecule has 1 aromatic heterocycles. The lowest BCUT2D eigenvalue weighted by atomic mass is 10.1. The molecule has 13 heteroatoms. The van der Waals surface area contributed by atoms with Gasteiger partial charge in [-0.2, -0.15) is 17.9 Å². The Morgan fingerprint density at radius 3 is 2.26 bits per heavy atom. The minimum absolute atomic E-state index is 0.103. The number of nitrogens with zero attached hydrogens (tertiary/aromatic N) is 2. The summed E-state index contributed by atoms with van der Waals surface area (Å²) in [4.78, 5) is 39.0. The first-order valence-electron chi connectivity index (χ1n) is 10.9. The van der Waals surface area contributed by atoms with E-state index in [1.54, 1.807) is 54.6 Å². The van der Waals surface area contributed by atoms with Crippen LogP contribution in [0.5, 0.6) is 0 Å². The Bertz CT molecular complexity index is 1550. The van der Waals surface area contributed by atoms with Crippen molar-refractivity contribution in [2.75, 3.05) is 5.32 Å². The number of anilines is 1. The van der Waals surface area contributed by atoms with Crippen molar-refractivity contribution in [1.29, 1.82) is 5.41 Å². The number of ether oxygens (including phenoxy) is 1. The van der Waals surface area contributed by atoms with Crippen molar-refractivity contribution < 1.29 is 27.5 Å². The summed E-state index contributed by atoms with van der Waals surface area (Å²) in [6.07, 6.45) is -5.38. The second-order valence-corrected chi connectivity index (χ2v) is 7.90. The van der Waals surface area contributed by atoms with Crippen molar-refractivity contribution in [2.24, 2.45) is 5.73 Å². The van der Waals surface area contributed by atoms with Crippen LogP contribution in [0.2, 0.25) is 0 Å². The smallest absolute Gasteiger partial charge is 0.384 e. The standard InChI is InChI=1S/C25H19F3N6O4/c26-25(27,28)23(36)38-22(35)17-8-4-5-9-18(17)34-24(37)32-21(33-34)19(14-6-2-1-3-7-14)31-16-12-10-15(11-13-16)20(29)30/h1-13,19,31H,(H3,29,30)(H,32,33,37). The average molecular weight is 524 g/mol. The molecule has 10 nitrogen and oxygen atoms in total. The fourth-order valence-electron chi connectivity index (χ4n) is 3.53. The van der Waals surface area contributed by atoms with E-state index in [2.05, 4.69) is 20.1 Å². The van der Waals surface area contributed by atoms with Crippen LogP contribution in [-0.4, -0.2) is 38.7 Å². The summed E-state index contributed by atoms with van der Waals surface area (Å²) in [6, 6.07) is 20.0. The summed E-state index contributed by atoms with van der Waals surface area (Å²) >= 11 is 0. The maximum atomic E-state index is 12.9. The zero-order valence-corrected chi connectivity index (χ0v) is 19.3. The molecule has 4 aromatic rings. The van der Waals surface area contributed by atoms with Crippen LogP contribution in [-0.2, 0) is 9.53 Å². The number of carbonyl (C=O) groups is 2. The number of H-pyrrole nitrogens is 1. The van der Waals surface area contributed by atoms with Crippen molar-refractivity contribution >= 4 is 23.5 Å². The Morgan fingerprint density at radius 1 is 1.00 bits per heavy atom. The second kappa shape index (κ2) is 10.4. The van der Waals surface area contributed by atoms with E-state index in [1.807, 2.05) is 0 Å². The first-order chi connectivity index (χ1) is 18.0. The lowest BCUT2D eigenvalue weighted by Crippen LogP contribution is -2.29. The monoisotopic (exact) mass is 524 g/mol. The second-order valence-electron chi connectivity index (χ2n) is 7.90. The van der Waals surface area contributed by atoms with Crippen molar-refractivity contribution in [1.82, 2.24) is 14.8 Å². The van der Waals surface area contributed by atoms with E-state index in [0.29, 0.717) is 16.8 Å². The lowest BCUT2D eigenvalue weighted by Gasteiger charge is -2.18. The molecule has 0 aliphatic heterocycles. The van der Waals surface area contributed by atoms with Gasteiger partial charge in [-0.25, -0.2) is 14.4 Å². The highest BCUT2D eigenvalue weighted by molar-refractivity contribution is 6.00. The minimum Gasteiger partial charge on any atom is -0.384 e. The number of nitrogens with two attached hydrogens (primary N) is 1. The van der Waals surface area contributed by atoms with Crippen LogP contribution in [0, 0.1) is 5.41 Å². The van der Waals surface area contributed by atoms with Crippen LogP contribution in [0.1, 0.15) is 33.4 Å². The number of hydrogen-bond acceptors (Lipinski definition) is 7. The molecule has 0 aliphatic carbocycles. The molecule has 1 atom stereocenters. The van der Waals surface area contributed by atoms with Crippen molar-refractivity contribution in [3.8, 4) is 5.69 Å². The summed E-state index contributed by atoms with van der Waals surface area (Å²) in [5.74, 6) is -4.26. The van der Waals surface area contributed by atoms with Gasteiger partial charge in [0.1, 0.15) is 11.9 Å². The molecule has 0 bridgehead atoms. The number of halogens is 3. The van der Waals surface area contributed by atoms with Gasteiger partial charge in [0.25, 0.3) is 0 Å². The normalized spacial score (nSPS) is 12.0. The van der Waals surface area contributed by atoms with Gasteiger partial charge in [0.2, 0.25) is 0 Å². The van der Waals surface area contributed by atoms with E-state index in [1.165, 1.54) is 18.2 Å². The number of nitrogens with one attached hydrogen (secondary N) is 3. The van der Waals surface area contributed by atoms with E-state index in [4.69, 9.17) is 11.1 Å². The number of para-hydroxylation sites is 1. The molecule has 0 spiro atoms. The van der Waals surface area contributed by atoms with Crippen molar-refractivity contribution in [3.05, 3.63) is 112 Å². The number of esters is 2. The van der Waals surface area contributed by atoms with Gasteiger partial charge in [0.15, 0.2) is 5.82 Å². The number of carbonyl (C=O) groups excluding carboxylic acids is 2. The fourth-order valence-corrected chi connectivity index (χ4v) is 3.53. The third-order valence-electron chi connectivity index (χ3n) is 5.32. The Balaban J connectivity index is 1.72. The zero-order valence-electron chi connectivity index (χ0n) is 19.3. The highest BCUT2D eigenvalue weighted by Gasteiger charge is 2.43. The van der Waals surface area contributed by atoms with Crippen LogP contribution < -0.4 is 16.7 Å². The predicted octanol–water partition coefficient (Wildman–Crippen LogP) is 3.29. The molecule has 194 valence electrons. The van der Waals surface area contributed by atoms with Gasteiger partial charge < -0.3 is 15.8 Å². The molecule has 1 unspecified atom stereocenters. The Morgan fingerprint density at radius 2 is 1.63 bits per heavy atom. The highest BCUT2D eigenvalue weighted by atomic mass is 19.4. The first kappa shape index (κ1) is 25.9. The summed E-state index contributed by atoms with van der Waals surface area (Å²) in [7, 11) is 0. The maximum Gasteiger partial charge on any atom is 0.491 e. The van der Waals surface area contributed by atoms with E-state index >= 15 is 0 Å². The molecule has 1 heterocycles. The first-order valence-corrected chi connectivity index (χ1v) is 10.9. The molecule has 0 saturated heterocycles. The van der Waals surface area contributed by atoms with E-state index in [9.17, 15) is 27.6 Å². The fraction of sp³-hybridized carbons (Fsp3) is 0.0800. The Kier molecular flexibility index (Phi) is 7.10. The van der Waals surface area contributed by atoms with Crippen LogP contribution in [0.3, 0.4) is 0 Å². The number of rotatable bonds is 7. The van der Waals surface area contributed by atoms with Crippen LogP contribution >= 0.6 is 0 Å². The molecule has 0 saturated carbocycles. The number of amidine groups is 1. The van der Waals surface area contributed by atoms with E-state index < -0.39 is 35.4 Å². The SMILES string of the molecule is N=C(N)c1ccc(NC(c2ccccc2)c2nn(-c3ccccc3C(=O)OC(=O)C(F)(F)F)c(=O)[nH]2)cc1. The van der Waals surface area contributed by atoms with Gasteiger partial charge in [0, 0.05) is 11.3 Å². The molecule has 38 heavy (non-hydrogen) atoms. The number of alkyl halides is 3. The predicted molar refractivity (Wildman–Crippen MR) is 130 cm³/mol. The molecule has 0 fully saturated rings. The molecular weight excluding hydrogens is 505 g/mol. The highest BCUT2D eigenvalue weighted by Crippen LogP contribution is 2.25. The number of benzene rings is 3. The largest absolute Gasteiger partial charge is 0.491 e. The zero-order chi connectivity index (χ0) is 27.4. The number of aromatic amines is 1. The van der Waals surface area contributed by atoms with Gasteiger partial charge >= 0.3 is 23.8 Å². The lowest BCUT2D eigenvalue weighted by molar-refractivity contribution is -0.193. The van der Waals surface area contributed by atoms with Crippen LogP contribution in [0.15, 0.2) is 83.7 Å². The van der Waals surface area contributed by atoms with Gasteiger partial charge in [-0.05, 0) is 42.0 Å². The molecule has 0 amide bonds. The Hall–Kier alpha value is -5.20. The van der Waals surface area contributed by atoms with Gasteiger partial charge in [-0.3, -0.25) is 10.4 Å². The molecular formula is C25H19F3N6O4. The van der Waals surface area contributed by atoms with Crippen LogP contribution in [0.25, 0.3) is 5.69 Å². The van der Waals surface area contributed by atoms with E-state index in [-0.39, 0.29) is 17.3 Å². The number of hydrogen-bond donors (Lipinski definition) is 4. The average Bonchev–Trinajstić information content (AvgIpc) is 3.28. The molecule has 0 radical (unpaired) electrons. The van der Waals surface area contributed by atoms with Gasteiger partial charge in [-0.15, -0.1) is 5.10 Å². The molecule has 5 N–H and O–H groups in total. The Labute approximate surface area is 212 Å².